The Morgan fingerprint density at radius 3 is 2.67 bits per heavy atom. The van der Waals surface area contributed by atoms with Crippen molar-refractivity contribution in [2.75, 3.05) is 12.3 Å². The molecular weight excluding hydrogens is 266 g/mol. The summed E-state index contributed by atoms with van der Waals surface area (Å²) in [6, 6.07) is 8.23. The SMILES string of the molecule is CC(C)CS(=O)N1CCC[C@@H]1c1ccc(Cl)cc1. The van der Waals surface area contributed by atoms with E-state index >= 15 is 0 Å². The molecule has 18 heavy (non-hydrogen) atoms. The molecule has 1 aromatic carbocycles. The van der Waals surface area contributed by atoms with Crippen LogP contribution in [0.5, 0.6) is 0 Å². The summed E-state index contributed by atoms with van der Waals surface area (Å²) in [6.07, 6.45) is 2.21. The van der Waals surface area contributed by atoms with Gasteiger partial charge in [0, 0.05) is 23.4 Å². The summed E-state index contributed by atoms with van der Waals surface area (Å²) in [5.74, 6) is 1.22. The van der Waals surface area contributed by atoms with E-state index in [4.69, 9.17) is 11.6 Å². The minimum absolute atomic E-state index is 0.293. The standard InChI is InChI=1S/C14H20ClNOS/c1-11(2)10-18(17)16-9-3-4-14(16)12-5-7-13(15)8-6-12/h5-8,11,14H,3-4,9-10H2,1-2H3/t14-,18?/m1/s1. The Labute approximate surface area is 117 Å². The van der Waals surface area contributed by atoms with Crippen molar-refractivity contribution in [3.63, 3.8) is 0 Å². The van der Waals surface area contributed by atoms with E-state index in [2.05, 4.69) is 30.3 Å². The lowest BCUT2D eigenvalue weighted by atomic mass is 10.1. The highest BCUT2D eigenvalue weighted by atomic mass is 35.5. The van der Waals surface area contributed by atoms with Crippen LogP contribution in [0.2, 0.25) is 5.02 Å². The maximum Gasteiger partial charge on any atom is 0.0950 e. The topological polar surface area (TPSA) is 20.3 Å². The highest BCUT2D eigenvalue weighted by molar-refractivity contribution is 7.82. The molecule has 1 fully saturated rings. The van der Waals surface area contributed by atoms with Crippen LogP contribution in [-0.2, 0) is 11.0 Å². The Bertz CT molecular complexity index is 418. The van der Waals surface area contributed by atoms with E-state index in [1.165, 1.54) is 5.56 Å². The lowest BCUT2D eigenvalue weighted by molar-refractivity contribution is 0.425. The van der Waals surface area contributed by atoms with Gasteiger partial charge in [0.15, 0.2) is 0 Å². The van der Waals surface area contributed by atoms with Crippen molar-refractivity contribution >= 4 is 22.6 Å². The van der Waals surface area contributed by atoms with Crippen molar-refractivity contribution in [2.45, 2.75) is 32.7 Å². The van der Waals surface area contributed by atoms with E-state index in [0.717, 1.165) is 30.2 Å². The number of hydrogen-bond donors (Lipinski definition) is 0. The van der Waals surface area contributed by atoms with Gasteiger partial charge in [-0.2, -0.15) is 0 Å². The van der Waals surface area contributed by atoms with Gasteiger partial charge >= 0.3 is 0 Å². The van der Waals surface area contributed by atoms with Crippen molar-refractivity contribution in [3.8, 4) is 0 Å². The van der Waals surface area contributed by atoms with Gasteiger partial charge in [0.05, 0.1) is 11.0 Å². The summed E-state index contributed by atoms with van der Waals surface area (Å²) >= 11 is 5.91. The molecule has 2 nitrogen and oxygen atoms in total. The average Bonchev–Trinajstić information content (AvgIpc) is 2.78. The summed E-state index contributed by atoms with van der Waals surface area (Å²) in [4.78, 5) is 0. The first-order chi connectivity index (χ1) is 8.58. The highest BCUT2D eigenvalue weighted by Crippen LogP contribution is 2.33. The number of hydrogen-bond acceptors (Lipinski definition) is 1. The lowest BCUT2D eigenvalue weighted by Crippen LogP contribution is -2.28. The molecule has 1 aliphatic rings. The summed E-state index contributed by atoms with van der Waals surface area (Å²) < 4.78 is 14.5. The van der Waals surface area contributed by atoms with E-state index < -0.39 is 11.0 Å². The third kappa shape index (κ3) is 3.34. The average molecular weight is 286 g/mol. The molecule has 1 heterocycles. The number of benzene rings is 1. The monoisotopic (exact) mass is 285 g/mol. The van der Waals surface area contributed by atoms with Gasteiger partial charge in [-0.1, -0.05) is 37.6 Å². The Morgan fingerprint density at radius 1 is 1.39 bits per heavy atom. The van der Waals surface area contributed by atoms with Crippen molar-refractivity contribution in [3.05, 3.63) is 34.9 Å². The maximum atomic E-state index is 12.3. The molecule has 0 aromatic heterocycles. The molecule has 4 heteroatoms. The molecule has 2 atom stereocenters. The molecule has 0 spiro atoms. The van der Waals surface area contributed by atoms with E-state index in [1.807, 2.05) is 12.1 Å². The maximum absolute atomic E-state index is 12.3. The van der Waals surface area contributed by atoms with Crippen LogP contribution in [0.15, 0.2) is 24.3 Å². The minimum atomic E-state index is -0.861. The molecule has 1 saturated heterocycles. The Hall–Kier alpha value is -0.380. The molecule has 0 saturated carbocycles. The van der Waals surface area contributed by atoms with Crippen LogP contribution in [0, 0.1) is 5.92 Å². The van der Waals surface area contributed by atoms with Gasteiger partial charge in [0.25, 0.3) is 0 Å². The van der Waals surface area contributed by atoms with Gasteiger partial charge in [-0.3, -0.25) is 0 Å². The third-order valence-corrected chi connectivity index (χ3v) is 5.36. The molecule has 100 valence electrons. The van der Waals surface area contributed by atoms with E-state index in [0.29, 0.717) is 12.0 Å². The van der Waals surface area contributed by atoms with Crippen LogP contribution in [-0.4, -0.2) is 20.8 Å². The molecule has 0 radical (unpaired) electrons. The molecule has 2 rings (SSSR count). The Morgan fingerprint density at radius 2 is 2.06 bits per heavy atom. The van der Waals surface area contributed by atoms with Gasteiger partial charge in [-0.05, 0) is 36.5 Å². The van der Waals surface area contributed by atoms with Gasteiger partial charge in [-0.15, -0.1) is 0 Å². The van der Waals surface area contributed by atoms with Crippen molar-refractivity contribution in [2.24, 2.45) is 5.92 Å². The molecule has 1 aromatic rings. The fourth-order valence-corrected chi connectivity index (χ4v) is 4.11. The van der Waals surface area contributed by atoms with E-state index in [9.17, 15) is 4.21 Å². The molecule has 1 unspecified atom stereocenters. The summed E-state index contributed by atoms with van der Waals surface area (Å²) in [7, 11) is -0.861. The molecule has 0 N–H and O–H groups in total. The third-order valence-electron chi connectivity index (χ3n) is 3.20. The molecule has 0 amide bonds. The largest absolute Gasteiger partial charge is 0.243 e. The summed E-state index contributed by atoms with van der Waals surface area (Å²) in [5, 5.41) is 0.756. The Balaban J connectivity index is 2.12. The molecule has 0 aliphatic carbocycles. The van der Waals surface area contributed by atoms with Crippen molar-refractivity contribution in [1.82, 2.24) is 4.31 Å². The molecular formula is C14H20ClNOS. The van der Waals surface area contributed by atoms with Crippen LogP contribution >= 0.6 is 11.6 Å². The lowest BCUT2D eigenvalue weighted by Gasteiger charge is -2.24. The normalized spacial score (nSPS) is 22.6. The van der Waals surface area contributed by atoms with Gasteiger partial charge in [0.1, 0.15) is 0 Å². The number of rotatable bonds is 4. The zero-order valence-electron chi connectivity index (χ0n) is 10.9. The summed E-state index contributed by atoms with van der Waals surface area (Å²) in [6.45, 7) is 5.17. The summed E-state index contributed by atoms with van der Waals surface area (Å²) in [5.41, 5.74) is 1.23. The number of nitrogens with zero attached hydrogens (tertiary/aromatic N) is 1. The highest BCUT2D eigenvalue weighted by Gasteiger charge is 2.30. The van der Waals surface area contributed by atoms with Crippen LogP contribution in [0.1, 0.15) is 38.3 Å². The van der Waals surface area contributed by atoms with Crippen LogP contribution in [0.25, 0.3) is 0 Å². The first-order valence-electron chi connectivity index (χ1n) is 6.48. The zero-order chi connectivity index (χ0) is 13.1. The predicted molar refractivity (Wildman–Crippen MR) is 78.0 cm³/mol. The fraction of sp³-hybridized carbons (Fsp3) is 0.571. The quantitative estimate of drug-likeness (QED) is 0.824. The first kappa shape index (κ1) is 14.0. The minimum Gasteiger partial charge on any atom is -0.243 e. The second-order valence-electron chi connectivity index (χ2n) is 5.23. The van der Waals surface area contributed by atoms with Gasteiger partial charge in [-0.25, -0.2) is 8.51 Å². The fourth-order valence-electron chi connectivity index (χ4n) is 2.38. The Kier molecular flexibility index (Phi) is 4.82. The number of halogens is 1. The second kappa shape index (κ2) is 6.18. The second-order valence-corrected chi connectivity index (χ2v) is 7.11. The van der Waals surface area contributed by atoms with Crippen LogP contribution < -0.4 is 0 Å². The van der Waals surface area contributed by atoms with Crippen LogP contribution in [0.3, 0.4) is 0 Å². The van der Waals surface area contributed by atoms with Gasteiger partial charge in [0.2, 0.25) is 0 Å². The van der Waals surface area contributed by atoms with Crippen molar-refractivity contribution < 1.29 is 4.21 Å². The predicted octanol–water partition coefficient (Wildman–Crippen LogP) is 3.80. The van der Waals surface area contributed by atoms with Crippen LogP contribution in [0.4, 0.5) is 0 Å². The smallest absolute Gasteiger partial charge is 0.0950 e. The zero-order valence-corrected chi connectivity index (χ0v) is 12.5. The molecule has 0 bridgehead atoms. The van der Waals surface area contributed by atoms with Crippen molar-refractivity contribution in [1.29, 1.82) is 0 Å². The van der Waals surface area contributed by atoms with Gasteiger partial charge < -0.3 is 0 Å². The van der Waals surface area contributed by atoms with E-state index in [1.54, 1.807) is 0 Å². The first-order valence-corrected chi connectivity index (χ1v) is 8.14. The van der Waals surface area contributed by atoms with E-state index in [-0.39, 0.29) is 0 Å². The molecule has 1 aliphatic heterocycles.